The van der Waals surface area contributed by atoms with Gasteiger partial charge in [-0.3, -0.25) is 0 Å². The maximum Gasteiger partial charge on any atom is 0.339 e. The van der Waals surface area contributed by atoms with Crippen LogP contribution in [0.2, 0.25) is 0 Å². The molecule has 0 aliphatic carbocycles. The summed E-state index contributed by atoms with van der Waals surface area (Å²) in [5.74, 6) is 0.849. The van der Waals surface area contributed by atoms with Crippen molar-refractivity contribution in [3.63, 3.8) is 0 Å². The highest BCUT2D eigenvalue weighted by Gasteiger charge is 2.48. The molecule has 146 valence electrons. The largest absolute Gasteiger partial charge is 0.497 e. The number of esters is 1. The minimum atomic E-state index is -0.769. The Hall–Kier alpha value is -3.22. The summed E-state index contributed by atoms with van der Waals surface area (Å²) >= 11 is 0. The molecule has 1 fully saturated rings. The van der Waals surface area contributed by atoms with E-state index in [0.29, 0.717) is 42.3 Å². The molecule has 2 aliphatic rings. The van der Waals surface area contributed by atoms with E-state index in [4.69, 9.17) is 14.2 Å². The van der Waals surface area contributed by atoms with E-state index >= 15 is 0 Å². The van der Waals surface area contributed by atoms with Gasteiger partial charge in [0.15, 0.2) is 5.60 Å². The molecule has 2 amide bonds. The number of urea groups is 1. The smallest absolute Gasteiger partial charge is 0.339 e. The summed E-state index contributed by atoms with van der Waals surface area (Å²) in [5, 5.41) is 2.89. The molecule has 0 aromatic heterocycles. The lowest BCUT2D eigenvalue weighted by atomic mass is 9.85. The summed E-state index contributed by atoms with van der Waals surface area (Å²) in [6.45, 7) is 0.914. The van der Waals surface area contributed by atoms with Crippen molar-refractivity contribution in [1.82, 2.24) is 4.90 Å². The molecule has 0 bridgehead atoms. The zero-order valence-corrected chi connectivity index (χ0v) is 15.9. The van der Waals surface area contributed by atoms with Crippen LogP contribution in [0.5, 0.6) is 11.5 Å². The molecule has 2 aromatic carbocycles. The van der Waals surface area contributed by atoms with Gasteiger partial charge in [-0.1, -0.05) is 18.2 Å². The monoisotopic (exact) mass is 382 g/mol. The fraction of sp³-hybridized carbons (Fsp3) is 0.333. The van der Waals surface area contributed by atoms with Crippen LogP contribution in [-0.2, 0) is 10.3 Å². The van der Waals surface area contributed by atoms with E-state index in [0.717, 1.165) is 12.0 Å². The first-order chi connectivity index (χ1) is 13.5. The van der Waals surface area contributed by atoms with Gasteiger partial charge in [0.25, 0.3) is 0 Å². The third-order valence-electron chi connectivity index (χ3n) is 5.27. The highest BCUT2D eigenvalue weighted by atomic mass is 16.6. The molecule has 2 heterocycles. The molecule has 1 unspecified atom stereocenters. The molecular weight excluding hydrogens is 360 g/mol. The number of methoxy groups -OCH3 is 2. The highest BCUT2D eigenvalue weighted by Crippen LogP contribution is 2.42. The van der Waals surface area contributed by atoms with E-state index < -0.39 is 5.60 Å². The Morgan fingerprint density at radius 1 is 1.14 bits per heavy atom. The molecule has 2 aromatic rings. The van der Waals surface area contributed by atoms with Crippen molar-refractivity contribution in [2.24, 2.45) is 0 Å². The van der Waals surface area contributed by atoms with Gasteiger partial charge in [0.05, 0.1) is 26.3 Å². The second-order valence-corrected chi connectivity index (χ2v) is 6.99. The first-order valence-electron chi connectivity index (χ1n) is 9.16. The number of fused-ring (bicyclic) bond motifs is 2. The minimum Gasteiger partial charge on any atom is -0.497 e. The average Bonchev–Trinajstić information content (AvgIpc) is 2.99. The van der Waals surface area contributed by atoms with Crippen LogP contribution in [-0.4, -0.2) is 44.2 Å². The van der Waals surface area contributed by atoms with E-state index in [9.17, 15) is 9.59 Å². The van der Waals surface area contributed by atoms with Crippen molar-refractivity contribution < 1.29 is 23.8 Å². The summed E-state index contributed by atoms with van der Waals surface area (Å²) < 4.78 is 16.3. The zero-order valence-electron chi connectivity index (χ0n) is 15.9. The fourth-order valence-electron chi connectivity index (χ4n) is 3.93. The topological polar surface area (TPSA) is 77.1 Å². The van der Waals surface area contributed by atoms with Gasteiger partial charge in [0.1, 0.15) is 11.5 Å². The van der Waals surface area contributed by atoms with E-state index in [-0.39, 0.29) is 12.0 Å². The van der Waals surface area contributed by atoms with Gasteiger partial charge in [-0.15, -0.1) is 0 Å². The van der Waals surface area contributed by atoms with Crippen LogP contribution in [0.3, 0.4) is 0 Å². The number of rotatable bonds is 3. The fourth-order valence-corrected chi connectivity index (χ4v) is 3.93. The molecular formula is C21H22N2O5. The summed E-state index contributed by atoms with van der Waals surface area (Å²) in [4.78, 5) is 26.9. The number of hydrogen-bond acceptors (Lipinski definition) is 5. The highest BCUT2D eigenvalue weighted by molar-refractivity contribution is 5.95. The average molecular weight is 382 g/mol. The van der Waals surface area contributed by atoms with Crippen LogP contribution in [0.15, 0.2) is 42.5 Å². The van der Waals surface area contributed by atoms with Crippen LogP contribution in [0.4, 0.5) is 10.5 Å². The summed E-state index contributed by atoms with van der Waals surface area (Å²) in [6, 6.07) is 12.3. The molecule has 1 spiro atoms. The Labute approximate surface area is 163 Å². The first-order valence-corrected chi connectivity index (χ1v) is 9.16. The van der Waals surface area contributed by atoms with Gasteiger partial charge >= 0.3 is 12.0 Å². The SMILES string of the molecule is COc1cc(NC(=O)N2CCCC3(C2)OC(=O)c2ccccc23)cc(OC)c1. The molecule has 28 heavy (non-hydrogen) atoms. The number of piperidine rings is 1. The number of amides is 2. The quantitative estimate of drug-likeness (QED) is 0.824. The van der Waals surface area contributed by atoms with Crippen LogP contribution in [0.1, 0.15) is 28.8 Å². The first kappa shape index (κ1) is 18.2. The Balaban J connectivity index is 1.55. The van der Waals surface area contributed by atoms with E-state index in [1.807, 2.05) is 18.2 Å². The lowest BCUT2D eigenvalue weighted by Gasteiger charge is -2.39. The predicted molar refractivity (Wildman–Crippen MR) is 103 cm³/mol. The van der Waals surface area contributed by atoms with Gasteiger partial charge in [0.2, 0.25) is 0 Å². The number of likely N-dealkylation sites (tertiary alicyclic amines) is 1. The number of carbonyl (C=O) groups is 2. The third kappa shape index (κ3) is 3.13. The van der Waals surface area contributed by atoms with Crippen molar-refractivity contribution in [3.8, 4) is 11.5 Å². The lowest BCUT2D eigenvalue weighted by molar-refractivity contribution is -0.0400. The number of carbonyl (C=O) groups excluding carboxylic acids is 2. The standard InChI is InChI=1S/C21H22N2O5/c1-26-15-10-14(11-16(12-15)27-2)22-20(25)23-9-5-8-21(13-23)18-7-4-3-6-17(18)19(24)28-21/h3-4,6-7,10-12H,5,8-9,13H2,1-2H3,(H,22,25). The van der Waals surface area contributed by atoms with Gasteiger partial charge in [-0.25, -0.2) is 9.59 Å². The van der Waals surface area contributed by atoms with Crippen LogP contribution in [0, 0.1) is 0 Å². The van der Waals surface area contributed by atoms with Gasteiger partial charge in [0, 0.05) is 36.0 Å². The Morgan fingerprint density at radius 2 is 1.86 bits per heavy atom. The van der Waals surface area contributed by atoms with Crippen molar-refractivity contribution in [1.29, 1.82) is 0 Å². The maximum absolute atomic E-state index is 12.9. The number of nitrogens with one attached hydrogen (secondary N) is 1. The summed E-state index contributed by atoms with van der Waals surface area (Å²) in [6.07, 6.45) is 1.45. The molecule has 1 N–H and O–H groups in total. The van der Waals surface area contributed by atoms with Crippen LogP contribution in [0.25, 0.3) is 0 Å². The number of ether oxygens (including phenoxy) is 3. The predicted octanol–water partition coefficient (Wildman–Crippen LogP) is 3.40. The molecule has 7 heteroatoms. The van der Waals surface area contributed by atoms with Gasteiger partial charge < -0.3 is 24.4 Å². The van der Waals surface area contributed by atoms with E-state index in [2.05, 4.69) is 5.32 Å². The van der Waals surface area contributed by atoms with Gasteiger partial charge in [-0.05, 0) is 18.9 Å². The van der Waals surface area contributed by atoms with Gasteiger partial charge in [-0.2, -0.15) is 0 Å². The third-order valence-corrected chi connectivity index (χ3v) is 5.27. The minimum absolute atomic E-state index is 0.255. The Kier molecular flexibility index (Phi) is 4.58. The van der Waals surface area contributed by atoms with E-state index in [1.165, 1.54) is 0 Å². The second kappa shape index (κ2) is 7.07. The number of benzene rings is 2. The number of hydrogen-bond donors (Lipinski definition) is 1. The normalized spacial score (nSPS) is 20.5. The Bertz CT molecular complexity index is 907. The van der Waals surface area contributed by atoms with Crippen LogP contribution < -0.4 is 14.8 Å². The summed E-state index contributed by atoms with van der Waals surface area (Å²) in [5.41, 5.74) is 1.25. The molecule has 1 saturated heterocycles. The molecule has 4 rings (SSSR count). The molecule has 1 atom stereocenters. The Morgan fingerprint density at radius 3 is 2.57 bits per heavy atom. The molecule has 7 nitrogen and oxygen atoms in total. The molecule has 2 aliphatic heterocycles. The van der Waals surface area contributed by atoms with Crippen molar-refractivity contribution in [2.75, 3.05) is 32.6 Å². The zero-order chi connectivity index (χ0) is 19.7. The molecule has 0 radical (unpaired) electrons. The summed E-state index contributed by atoms with van der Waals surface area (Å²) in [7, 11) is 3.11. The lowest BCUT2D eigenvalue weighted by Crippen LogP contribution is -2.50. The van der Waals surface area contributed by atoms with Crippen molar-refractivity contribution >= 4 is 17.7 Å². The maximum atomic E-state index is 12.9. The van der Waals surface area contributed by atoms with E-state index in [1.54, 1.807) is 43.4 Å². The number of anilines is 1. The second-order valence-electron chi connectivity index (χ2n) is 6.99. The van der Waals surface area contributed by atoms with Crippen molar-refractivity contribution in [2.45, 2.75) is 18.4 Å². The number of nitrogens with zero attached hydrogens (tertiary/aromatic N) is 1. The van der Waals surface area contributed by atoms with Crippen LogP contribution >= 0.6 is 0 Å². The molecule has 0 saturated carbocycles. The van der Waals surface area contributed by atoms with Crippen molar-refractivity contribution in [3.05, 3.63) is 53.6 Å².